The molecule has 1 aromatic carbocycles. The number of aliphatic carboxylic acids is 1. The fourth-order valence-electron chi connectivity index (χ4n) is 1.32. The zero-order valence-corrected chi connectivity index (χ0v) is 10.5. The number of carboxylic acid groups (broad SMARTS) is 1. The standard InChI is InChI=1S/C12H15ClN2O3/c13-9-4-1-2-5-10(9)15-11(16)8-14-7-3-6-12(17)18/h1-2,4-5,14H,3,6-8H2,(H,15,16)(H,17,18). The fraction of sp³-hybridized carbons (Fsp3) is 0.333. The van der Waals surface area contributed by atoms with Crippen molar-refractivity contribution in [3.8, 4) is 0 Å². The quantitative estimate of drug-likeness (QED) is 0.660. The molecule has 98 valence electrons. The second-order valence-corrected chi connectivity index (χ2v) is 4.11. The van der Waals surface area contributed by atoms with E-state index in [0.717, 1.165) is 0 Å². The van der Waals surface area contributed by atoms with Crippen LogP contribution in [0.2, 0.25) is 5.02 Å². The van der Waals surface area contributed by atoms with E-state index in [9.17, 15) is 9.59 Å². The summed E-state index contributed by atoms with van der Waals surface area (Å²) in [6.45, 7) is 0.618. The number of halogens is 1. The van der Waals surface area contributed by atoms with Crippen molar-refractivity contribution in [3.63, 3.8) is 0 Å². The first-order valence-corrected chi connectivity index (χ1v) is 5.94. The Kier molecular flexibility index (Phi) is 6.18. The van der Waals surface area contributed by atoms with Crippen LogP contribution >= 0.6 is 11.6 Å². The second kappa shape index (κ2) is 7.68. The van der Waals surface area contributed by atoms with Crippen LogP contribution in [0, 0.1) is 0 Å². The van der Waals surface area contributed by atoms with Gasteiger partial charge in [-0.15, -0.1) is 0 Å². The Labute approximate surface area is 110 Å². The highest BCUT2D eigenvalue weighted by molar-refractivity contribution is 6.33. The highest BCUT2D eigenvalue weighted by Crippen LogP contribution is 2.19. The maximum Gasteiger partial charge on any atom is 0.303 e. The molecule has 0 unspecified atom stereocenters. The number of benzene rings is 1. The highest BCUT2D eigenvalue weighted by atomic mass is 35.5. The van der Waals surface area contributed by atoms with Gasteiger partial charge >= 0.3 is 5.97 Å². The lowest BCUT2D eigenvalue weighted by Gasteiger charge is -2.07. The Morgan fingerprint density at radius 1 is 1.28 bits per heavy atom. The molecular formula is C12H15ClN2O3. The van der Waals surface area contributed by atoms with Crippen molar-refractivity contribution in [2.75, 3.05) is 18.4 Å². The third-order valence-corrected chi connectivity index (χ3v) is 2.51. The number of amides is 1. The average Bonchev–Trinajstić information content (AvgIpc) is 2.31. The van der Waals surface area contributed by atoms with E-state index in [1.807, 2.05) is 0 Å². The second-order valence-electron chi connectivity index (χ2n) is 3.70. The number of nitrogens with one attached hydrogen (secondary N) is 2. The molecular weight excluding hydrogens is 256 g/mol. The number of hydrogen-bond donors (Lipinski definition) is 3. The molecule has 0 aromatic heterocycles. The van der Waals surface area contributed by atoms with Gasteiger partial charge in [0.25, 0.3) is 0 Å². The molecule has 0 aliphatic carbocycles. The zero-order valence-electron chi connectivity index (χ0n) is 9.78. The van der Waals surface area contributed by atoms with Crippen molar-refractivity contribution in [1.29, 1.82) is 0 Å². The first kappa shape index (κ1) is 14.5. The van der Waals surface area contributed by atoms with Gasteiger partial charge < -0.3 is 15.7 Å². The zero-order chi connectivity index (χ0) is 13.4. The van der Waals surface area contributed by atoms with Crippen LogP contribution < -0.4 is 10.6 Å². The summed E-state index contributed by atoms with van der Waals surface area (Å²) in [6, 6.07) is 6.96. The predicted molar refractivity (Wildman–Crippen MR) is 69.8 cm³/mol. The number of anilines is 1. The Bertz CT molecular complexity index is 424. The minimum absolute atomic E-state index is 0.0964. The van der Waals surface area contributed by atoms with Gasteiger partial charge in [0.15, 0.2) is 0 Å². The lowest BCUT2D eigenvalue weighted by molar-refractivity contribution is -0.137. The normalized spacial score (nSPS) is 10.1. The third kappa shape index (κ3) is 5.65. The van der Waals surface area contributed by atoms with Crippen molar-refractivity contribution in [1.82, 2.24) is 5.32 Å². The molecule has 0 aliphatic heterocycles. The Balaban J connectivity index is 2.22. The van der Waals surface area contributed by atoms with E-state index in [-0.39, 0.29) is 18.9 Å². The Hall–Kier alpha value is -1.59. The van der Waals surface area contributed by atoms with Gasteiger partial charge in [0.1, 0.15) is 0 Å². The van der Waals surface area contributed by atoms with Crippen LogP contribution in [0.1, 0.15) is 12.8 Å². The Morgan fingerprint density at radius 3 is 2.67 bits per heavy atom. The van der Waals surface area contributed by atoms with E-state index in [1.165, 1.54) is 0 Å². The van der Waals surface area contributed by atoms with Crippen LogP contribution in [0.3, 0.4) is 0 Å². The largest absolute Gasteiger partial charge is 0.481 e. The molecule has 1 aromatic rings. The monoisotopic (exact) mass is 270 g/mol. The number of carboxylic acids is 1. The number of para-hydroxylation sites is 1. The van der Waals surface area contributed by atoms with Gasteiger partial charge in [-0.05, 0) is 25.1 Å². The molecule has 0 aliphatic rings. The Morgan fingerprint density at radius 2 is 2.00 bits per heavy atom. The van der Waals surface area contributed by atoms with E-state index in [1.54, 1.807) is 24.3 Å². The van der Waals surface area contributed by atoms with Crippen LogP contribution in [-0.4, -0.2) is 30.1 Å². The number of carbonyl (C=O) groups excluding carboxylic acids is 1. The fourth-order valence-corrected chi connectivity index (χ4v) is 1.51. The van der Waals surface area contributed by atoms with E-state index in [4.69, 9.17) is 16.7 Å². The van der Waals surface area contributed by atoms with Crippen LogP contribution in [0.25, 0.3) is 0 Å². The van der Waals surface area contributed by atoms with E-state index in [2.05, 4.69) is 10.6 Å². The van der Waals surface area contributed by atoms with Gasteiger partial charge in [-0.2, -0.15) is 0 Å². The van der Waals surface area contributed by atoms with Crippen LogP contribution in [0.5, 0.6) is 0 Å². The smallest absolute Gasteiger partial charge is 0.303 e. The molecule has 1 amide bonds. The van der Waals surface area contributed by atoms with Crippen LogP contribution in [0.4, 0.5) is 5.69 Å². The molecule has 6 heteroatoms. The predicted octanol–water partition coefficient (Wildman–Crippen LogP) is 1.73. The molecule has 0 saturated heterocycles. The summed E-state index contributed by atoms with van der Waals surface area (Å²) in [5.41, 5.74) is 0.566. The average molecular weight is 271 g/mol. The van der Waals surface area contributed by atoms with E-state index >= 15 is 0 Å². The molecule has 0 spiro atoms. The van der Waals surface area contributed by atoms with Crippen molar-refractivity contribution in [2.24, 2.45) is 0 Å². The molecule has 0 bridgehead atoms. The first-order chi connectivity index (χ1) is 8.59. The summed E-state index contributed by atoms with van der Waals surface area (Å²) in [7, 11) is 0. The van der Waals surface area contributed by atoms with Gasteiger partial charge in [-0.1, -0.05) is 23.7 Å². The maximum absolute atomic E-state index is 11.5. The van der Waals surface area contributed by atoms with E-state index in [0.29, 0.717) is 23.7 Å². The number of carbonyl (C=O) groups is 2. The van der Waals surface area contributed by atoms with Crippen LogP contribution in [0.15, 0.2) is 24.3 Å². The summed E-state index contributed by atoms with van der Waals surface area (Å²) in [5.74, 6) is -1.05. The summed E-state index contributed by atoms with van der Waals surface area (Å²) >= 11 is 5.89. The molecule has 3 N–H and O–H groups in total. The summed E-state index contributed by atoms with van der Waals surface area (Å²) in [4.78, 5) is 21.8. The maximum atomic E-state index is 11.5. The highest BCUT2D eigenvalue weighted by Gasteiger charge is 2.04. The topological polar surface area (TPSA) is 78.4 Å². The summed E-state index contributed by atoms with van der Waals surface area (Å²) < 4.78 is 0. The molecule has 0 radical (unpaired) electrons. The molecule has 0 fully saturated rings. The molecule has 18 heavy (non-hydrogen) atoms. The third-order valence-electron chi connectivity index (χ3n) is 2.18. The SMILES string of the molecule is O=C(O)CCCNCC(=O)Nc1ccccc1Cl. The molecule has 5 nitrogen and oxygen atoms in total. The minimum Gasteiger partial charge on any atom is -0.481 e. The van der Waals surface area contributed by atoms with Crippen molar-refractivity contribution < 1.29 is 14.7 Å². The van der Waals surface area contributed by atoms with Gasteiger partial charge in [-0.25, -0.2) is 0 Å². The lowest BCUT2D eigenvalue weighted by Crippen LogP contribution is -2.29. The van der Waals surface area contributed by atoms with Crippen molar-refractivity contribution in [3.05, 3.63) is 29.3 Å². The van der Waals surface area contributed by atoms with Crippen molar-refractivity contribution >= 4 is 29.2 Å². The minimum atomic E-state index is -0.836. The molecule has 0 heterocycles. The number of hydrogen-bond acceptors (Lipinski definition) is 3. The number of rotatable bonds is 7. The van der Waals surface area contributed by atoms with Gasteiger partial charge in [0.05, 0.1) is 17.3 Å². The van der Waals surface area contributed by atoms with Gasteiger partial charge in [0.2, 0.25) is 5.91 Å². The molecule has 1 rings (SSSR count). The summed E-state index contributed by atoms with van der Waals surface area (Å²) in [5, 5.41) is 14.4. The van der Waals surface area contributed by atoms with Crippen molar-refractivity contribution in [2.45, 2.75) is 12.8 Å². The van der Waals surface area contributed by atoms with Gasteiger partial charge in [-0.3, -0.25) is 9.59 Å². The lowest BCUT2D eigenvalue weighted by atomic mass is 10.3. The molecule has 0 atom stereocenters. The summed E-state index contributed by atoms with van der Waals surface area (Å²) in [6.07, 6.45) is 0.591. The molecule has 0 saturated carbocycles. The first-order valence-electron chi connectivity index (χ1n) is 5.56. The van der Waals surface area contributed by atoms with E-state index < -0.39 is 5.97 Å². The van der Waals surface area contributed by atoms with Crippen LogP contribution in [-0.2, 0) is 9.59 Å². The van der Waals surface area contributed by atoms with Gasteiger partial charge in [0, 0.05) is 6.42 Å².